The second-order valence-electron chi connectivity index (χ2n) is 7.17. The summed E-state index contributed by atoms with van der Waals surface area (Å²) in [5, 5.41) is 13.6. The van der Waals surface area contributed by atoms with Crippen LogP contribution in [0.5, 0.6) is 0 Å². The molecule has 3 aromatic heterocycles. The van der Waals surface area contributed by atoms with Gasteiger partial charge in [0.25, 0.3) is 0 Å². The lowest BCUT2D eigenvalue weighted by molar-refractivity contribution is -0.130. The normalized spacial score (nSPS) is 19.1. The molecule has 0 aliphatic carbocycles. The Hall–Kier alpha value is -3.34. The van der Waals surface area contributed by atoms with Crippen LogP contribution in [0.4, 0.5) is 11.8 Å². The van der Waals surface area contributed by atoms with Crippen molar-refractivity contribution in [1.82, 2.24) is 34.4 Å². The van der Waals surface area contributed by atoms with Crippen LogP contribution in [0.15, 0.2) is 18.7 Å². The van der Waals surface area contributed by atoms with E-state index < -0.39 is 6.10 Å². The number of amides is 1. The minimum absolute atomic E-state index is 0.0537. The highest BCUT2D eigenvalue weighted by Crippen LogP contribution is 2.27. The van der Waals surface area contributed by atoms with Crippen molar-refractivity contribution in [3.8, 4) is 0 Å². The van der Waals surface area contributed by atoms with Gasteiger partial charge < -0.3 is 25.6 Å². The third-order valence-corrected chi connectivity index (χ3v) is 4.96. The highest BCUT2D eigenvalue weighted by molar-refractivity contribution is 5.81. The lowest BCUT2D eigenvalue weighted by atomic mass is 10.2. The van der Waals surface area contributed by atoms with E-state index in [1.54, 1.807) is 15.8 Å². The Balaban J connectivity index is 1.39. The minimum Gasteiger partial charge on any atom is -0.389 e. The average Bonchev–Trinajstić information content (AvgIpc) is 3.25. The van der Waals surface area contributed by atoms with Crippen LogP contribution in [0.1, 0.15) is 23.9 Å². The van der Waals surface area contributed by atoms with Crippen LogP contribution in [-0.4, -0.2) is 71.1 Å². The van der Waals surface area contributed by atoms with Gasteiger partial charge in [-0.1, -0.05) is 0 Å². The number of nitrogen functional groups attached to an aromatic ring is 1. The van der Waals surface area contributed by atoms with Gasteiger partial charge in [0.05, 0.1) is 18.5 Å². The summed E-state index contributed by atoms with van der Waals surface area (Å²) < 4.78 is 1.76. The fourth-order valence-electron chi connectivity index (χ4n) is 3.60. The summed E-state index contributed by atoms with van der Waals surface area (Å²) in [6.45, 7) is 4.83. The molecule has 11 heteroatoms. The molecule has 152 valence electrons. The number of aliphatic hydroxyl groups is 1. The molecule has 11 nitrogen and oxygen atoms in total. The summed E-state index contributed by atoms with van der Waals surface area (Å²) in [6, 6.07) is 1.55. The van der Waals surface area contributed by atoms with Gasteiger partial charge in [-0.3, -0.25) is 4.79 Å². The van der Waals surface area contributed by atoms with E-state index in [9.17, 15) is 9.90 Å². The number of imidazole rings is 1. The van der Waals surface area contributed by atoms with Gasteiger partial charge >= 0.3 is 0 Å². The maximum absolute atomic E-state index is 12.6. The Morgan fingerprint density at radius 3 is 2.76 bits per heavy atom. The molecule has 1 amide bonds. The molecular weight excluding hydrogens is 374 g/mol. The number of aliphatic hydroxyl groups excluding tert-OH is 1. The maximum atomic E-state index is 12.6. The van der Waals surface area contributed by atoms with Gasteiger partial charge in [-0.15, -0.1) is 0 Å². The van der Waals surface area contributed by atoms with Crippen LogP contribution in [-0.2, 0) is 4.79 Å². The van der Waals surface area contributed by atoms with E-state index in [0.29, 0.717) is 30.2 Å². The van der Waals surface area contributed by atoms with Crippen molar-refractivity contribution in [3.63, 3.8) is 0 Å². The molecule has 4 N–H and O–H groups in total. The van der Waals surface area contributed by atoms with Crippen molar-refractivity contribution in [3.05, 3.63) is 30.1 Å². The van der Waals surface area contributed by atoms with Crippen molar-refractivity contribution >= 4 is 28.8 Å². The van der Waals surface area contributed by atoms with E-state index in [1.165, 1.54) is 6.33 Å². The van der Waals surface area contributed by atoms with Gasteiger partial charge in [0, 0.05) is 37.4 Å². The van der Waals surface area contributed by atoms with Crippen LogP contribution < -0.4 is 11.1 Å². The number of fused-ring (bicyclic) bond motifs is 1. The van der Waals surface area contributed by atoms with Gasteiger partial charge in [0.2, 0.25) is 11.9 Å². The number of nitrogens with two attached hydrogens (primary N) is 1. The molecule has 0 spiro atoms. The smallest absolute Gasteiger partial charge is 0.224 e. The second kappa shape index (κ2) is 7.59. The van der Waals surface area contributed by atoms with E-state index in [-0.39, 0.29) is 30.7 Å². The molecule has 0 bridgehead atoms. The molecule has 2 atom stereocenters. The zero-order chi connectivity index (χ0) is 20.5. The molecule has 4 rings (SSSR count). The van der Waals surface area contributed by atoms with E-state index in [2.05, 4.69) is 30.2 Å². The van der Waals surface area contributed by atoms with E-state index >= 15 is 0 Å². The molecule has 0 radical (unpaired) electrons. The number of carbonyl (C=O) groups is 1. The molecule has 29 heavy (non-hydrogen) atoms. The molecule has 0 saturated carbocycles. The zero-order valence-corrected chi connectivity index (χ0v) is 16.3. The largest absolute Gasteiger partial charge is 0.389 e. The summed E-state index contributed by atoms with van der Waals surface area (Å²) in [5.41, 5.74) is 8.60. The Bertz CT molecular complexity index is 1030. The fraction of sp³-hybridized carbons (Fsp3) is 0.444. The number of hydrogen-bond acceptors (Lipinski definition) is 9. The summed E-state index contributed by atoms with van der Waals surface area (Å²) in [6.07, 6.45) is 2.50. The molecule has 1 saturated heterocycles. The lowest BCUT2D eigenvalue weighted by Crippen LogP contribution is -2.31. The van der Waals surface area contributed by atoms with Crippen molar-refractivity contribution in [2.75, 3.05) is 30.7 Å². The summed E-state index contributed by atoms with van der Waals surface area (Å²) in [7, 11) is 0. The molecular formula is C18H23N9O2. The van der Waals surface area contributed by atoms with Crippen LogP contribution in [0.25, 0.3) is 11.2 Å². The number of aromatic nitrogens is 6. The maximum Gasteiger partial charge on any atom is 0.224 e. The summed E-state index contributed by atoms with van der Waals surface area (Å²) >= 11 is 0. The van der Waals surface area contributed by atoms with Crippen molar-refractivity contribution in [2.45, 2.75) is 32.4 Å². The van der Waals surface area contributed by atoms with Gasteiger partial charge in [0.15, 0.2) is 11.5 Å². The topological polar surface area (TPSA) is 148 Å². The summed E-state index contributed by atoms with van der Waals surface area (Å²) in [4.78, 5) is 35.2. The number of likely N-dealkylation sites (tertiary alicyclic amines) is 1. The van der Waals surface area contributed by atoms with Crippen LogP contribution >= 0.6 is 0 Å². The molecule has 0 unspecified atom stereocenters. The van der Waals surface area contributed by atoms with Crippen molar-refractivity contribution in [1.29, 1.82) is 0 Å². The van der Waals surface area contributed by atoms with Crippen LogP contribution in [0, 0.1) is 13.8 Å². The summed E-state index contributed by atoms with van der Waals surface area (Å²) in [5.74, 6) is 0.743. The Morgan fingerprint density at radius 2 is 2.00 bits per heavy atom. The SMILES string of the molecule is Cc1cc(C)nc(NCCC(=O)N2C[C@@H](O)[C@H](n3cnc4c(N)ncnc43)C2)n1. The number of carbonyl (C=O) groups excluding carboxylic acids is 1. The lowest BCUT2D eigenvalue weighted by Gasteiger charge is -2.17. The first kappa shape index (κ1) is 19.0. The highest BCUT2D eigenvalue weighted by atomic mass is 16.3. The van der Waals surface area contributed by atoms with Gasteiger partial charge in [-0.25, -0.2) is 24.9 Å². The molecule has 0 aromatic carbocycles. The van der Waals surface area contributed by atoms with Gasteiger partial charge in [0.1, 0.15) is 11.8 Å². The molecule has 1 aliphatic rings. The Kier molecular flexibility index (Phi) is 4.97. The molecule has 1 aliphatic heterocycles. The number of hydrogen-bond donors (Lipinski definition) is 3. The fourth-order valence-corrected chi connectivity index (χ4v) is 3.60. The van der Waals surface area contributed by atoms with E-state index in [1.807, 2.05) is 19.9 Å². The first-order chi connectivity index (χ1) is 13.9. The van der Waals surface area contributed by atoms with Crippen LogP contribution in [0.2, 0.25) is 0 Å². The predicted octanol–water partition coefficient (Wildman–Crippen LogP) is 0.0617. The van der Waals surface area contributed by atoms with Gasteiger partial charge in [-0.2, -0.15) is 0 Å². The number of rotatable bonds is 5. The number of aryl methyl sites for hydroxylation is 2. The molecule has 1 fully saturated rings. The Labute approximate surface area is 167 Å². The number of β-amino-alcohol motifs (C(OH)–C–C–N with tert-alkyl or cyclic N) is 1. The zero-order valence-electron chi connectivity index (χ0n) is 16.3. The third-order valence-electron chi connectivity index (χ3n) is 4.96. The molecule has 4 heterocycles. The monoisotopic (exact) mass is 397 g/mol. The highest BCUT2D eigenvalue weighted by Gasteiger charge is 2.36. The van der Waals surface area contributed by atoms with E-state index in [0.717, 1.165) is 11.4 Å². The average molecular weight is 397 g/mol. The van der Waals surface area contributed by atoms with Crippen molar-refractivity contribution < 1.29 is 9.90 Å². The predicted molar refractivity (Wildman–Crippen MR) is 106 cm³/mol. The van der Waals surface area contributed by atoms with Crippen molar-refractivity contribution in [2.24, 2.45) is 0 Å². The Morgan fingerprint density at radius 1 is 1.24 bits per heavy atom. The van der Waals surface area contributed by atoms with E-state index in [4.69, 9.17) is 5.73 Å². The number of nitrogens with zero attached hydrogens (tertiary/aromatic N) is 7. The molecule has 3 aromatic rings. The van der Waals surface area contributed by atoms with Gasteiger partial charge in [-0.05, 0) is 19.9 Å². The third kappa shape index (κ3) is 3.81. The quantitative estimate of drug-likeness (QED) is 0.543. The minimum atomic E-state index is -0.719. The number of anilines is 2. The first-order valence-corrected chi connectivity index (χ1v) is 9.37. The number of nitrogens with one attached hydrogen (secondary N) is 1. The first-order valence-electron chi connectivity index (χ1n) is 9.37. The second-order valence-corrected chi connectivity index (χ2v) is 7.17. The standard InChI is InChI=1S/C18H23N9O2/c1-10-5-11(2)25-18(24-10)20-4-3-14(29)26-6-12(13(28)7-26)27-9-23-15-16(19)21-8-22-17(15)27/h5,8-9,12-13,28H,3-4,6-7H2,1-2H3,(H2,19,21,22)(H,20,24,25)/t12-,13-/m1/s1. The van der Waals surface area contributed by atoms with Crippen LogP contribution in [0.3, 0.4) is 0 Å².